The van der Waals surface area contributed by atoms with Crippen LogP contribution in [-0.2, 0) is 16.6 Å². The zero-order valence-corrected chi connectivity index (χ0v) is 15.2. The number of sulfonamides is 1. The maximum absolute atomic E-state index is 12.5. The highest BCUT2D eigenvalue weighted by Gasteiger charge is 2.30. The van der Waals surface area contributed by atoms with Gasteiger partial charge in [-0.2, -0.15) is 0 Å². The summed E-state index contributed by atoms with van der Waals surface area (Å²) in [5.41, 5.74) is -0.332. The Kier molecular flexibility index (Phi) is 7.33. The molecular weight excluding hydrogens is 304 g/mol. The maximum atomic E-state index is 12.5. The minimum Gasteiger partial charge on any atom is -0.312 e. The van der Waals surface area contributed by atoms with Crippen LogP contribution in [0.1, 0.15) is 58.3 Å². The first-order valence-electron chi connectivity index (χ1n) is 7.75. The molecule has 0 fully saturated rings. The molecule has 0 amide bonds. The minimum absolute atomic E-state index is 0.332. The predicted octanol–water partition coefficient (Wildman–Crippen LogP) is 3.49. The first-order valence-corrected chi connectivity index (χ1v) is 10.1. The zero-order chi connectivity index (χ0) is 15.9. The highest BCUT2D eigenvalue weighted by Crippen LogP contribution is 2.25. The topological polar surface area (TPSA) is 58.2 Å². The van der Waals surface area contributed by atoms with Crippen molar-refractivity contribution in [2.45, 2.75) is 70.4 Å². The molecule has 1 heterocycles. The Hall–Kier alpha value is -0.430. The van der Waals surface area contributed by atoms with E-state index in [0.717, 1.165) is 43.6 Å². The van der Waals surface area contributed by atoms with Crippen LogP contribution in [0.15, 0.2) is 16.3 Å². The second-order valence-electron chi connectivity index (χ2n) is 5.37. The second-order valence-corrected chi connectivity index (χ2v) is 8.05. The Morgan fingerprint density at radius 2 is 1.76 bits per heavy atom. The summed E-state index contributed by atoms with van der Waals surface area (Å²) in [6, 6.07) is 1.78. The van der Waals surface area contributed by atoms with Gasteiger partial charge in [0, 0.05) is 22.3 Å². The lowest BCUT2D eigenvalue weighted by Gasteiger charge is -2.31. The fraction of sp³-hybridized carbons (Fsp3) is 0.733. The average Bonchev–Trinajstić information content (AvgIpc) is 2.95. The molecule has 0 saturated heterocycles. The van der Waals surface area contributed by atoms with E-state index in [1.54, 1.807) is 11.4 Å². The lowest BCUT2D eigenvalue weighted by Crippen LogP contribution is -2.46. The molecule has 0 aliphatic carbocycles. The maximum Gasteiger partial charge on any atom is 0.241 e. The summed E-state index contributed by atoms with van der Waals surface area (Å²) in [6.07, 6.45) is 3.47. The number of nitrogens with one attached hydrogen (secondary N) is 2. The van der Waals surface area contributed by atoms with E-state index in [9.17, 15) is 8.42 Å². The molecule has 0 unspecified atom stereocenters. The first kappa shape index (κ1) is 18.6. The molecule has 0 saturated carbocycles. The highest BCUT2D eigenvalue weighted by molar-refractivity contribution is 7.89. The fourth-order valence-corrected chi connectivity index (χ4v) is 5.15. The third-order valence-corrected chi connectivity index (χ3v) is 6.69. The van der Waals surface area contributed by atoms with Crippen LogP contribution in [0.25, 0.3) is 0 Å². The van der Waals surface area contributed by atoms with Crippen LogP contribution >= 0.6 is 11.3 Å². The van der Waals surface area contributed by atoms with Gasteiger partial charge in [-0.05, 0) is 38.3 Å². The van der Waals surface area contributed by atoms with Crippen LogP contribution in [0.3, 0.4) is 0 Å². The Bertz CT molecular complexity index is 511. The van der Waals surface area contributed by atoms with Crippen LogP contribution in [0.2, 0.25) is 0 Å². The molecule has 2 N–H and O–H groups in total. The van der Waals surface area contributed by atoms with Gasteiger partial charge >= 0.3 is 0 Å². The van der Waals surface area contributed by atoms with Gasteiger partial charge in [0.25, 0.3) is 0 Å². The molecule has 0 radical (unpaired) electrons. The van der Waals surface area contributed by atoms with Crippen molar-refractivity contribution in [2.24, 2.45) is 0 Å². The molecular formula is C15H28N2O2S2. The standard InChI is InChI=1S/C15H28N2O2S2/c1-5-9-16-11-13-10-14(12-20-13)21(18,19)17-15(6-2,7-3)8-4/h10,12,16-17H,5-9,11H2,1-4H3. The third-order valence-electron chi connectivity index (χ3n) is 4.05. The average molecular weight is 333 g/mol. The SMILES string of the molecule is CCCNCc1cc(S(=O)(=O)NC(CC)(CC)CC)cs1. The molecule has 0 bridgehead atoms. The van der Waals surface area contributed by atoms with Gasteiger partial charge < -0.3 is 5.32 Å². The molecule has 4 nitrogen and oxygen atoms in total. The molecule has 1 rings (SSSR count). The highest BCUT2D eigenvalue weighted by atomic mass is 32.2. The van der Waals surface area contributed by atoms with Gasteiger partial charge in [-0.15, -0.1) is 11.3 Å². The van der Waals surface area contributed by atoms with Crippen molar-refractivity contribution in [1.82, 2.24) is 10.0 Å². The van der Waals surface area contributed by atoms with E-state index in [-0.39, 0.29) is 5.54 Å². The van der Waals surface area contributed by atoms with Crippen molar-refractivity contribution in [1.29, 1.82) is 0 Å². The molecule has 1 aromatic heterocycles. The number of thiophene rings is 1. The molecule has 1 aromatic rings. The van der Waals surface area contributed by atoms with Crippen molar-refractivity contribution in [3.8, 4) is 0 Å². The summed E-state index contributed by atoms with van der Waals surface area (Å²) in [7, 11) is -3.43. The van der Waals surface area contributed by atoms with Gasteiger partial charge in [0.05, 0.1) is 4.90 Å². The van der Waals surface area contributed by atoms with Gasteiger partial charge in [-0.3, -0.25) is 0 Å². The zero-order valence-electron chi connectivity index (χ0n) is 13.5. The van der Waals surface area contributed by atoms with Crippen molar-refractivity contribution in [3.63, 3.8) is 0 Å². The van der Waals surface area contributed by atoms with E-state index in [1.165, 1.54) is 11.3 Å². The van der Waals surface area contributed by atoms with Gasteiger partial charge in [0.15, 0.2) is 0 Å². The van der Waals surface area contributed by atoms with Crippen LogP contribution in [0, 0.1) is 0 Å². The number of rotatable bonds is 10. The largest absolute Gasteiger partial charge is 0.312 e. The van der Waals surface area contributed by atoms with E-state index in [0.29, 0.717) is 4.90 Å². The third kappa shape index (κ3) is 5.06. The summed E-state index contributed by atoms with van der Waals surface area (Å²) in [6.45, 7) is 9.88. The van der Waals surface area contributed by atoms with E-state index >= 15 is 0 Å². The van der Waals surface area contributed by atoms with Crippen molar-refractivity contribution < 1.29 is 8.42 Å². The van der Waals surface area contributed by atoms with Crippen LogP contribution in [-0.4, -0.2) is 20.5 Å². The molecule has 0 spiro atoms. The lowest BCUT2D eigenvalue weighted by atomic mass is 9.91. The predicted molar refractivity (Wildman–Crippen MR) is 90.2 cm³/mol. The normalized spacial score (nSPS) is 12.8. The fourth-order valence-electron chi connectivity index (χ4n) is 2.29. The second kappa shape index (κ2) is 8.27. The lowest BCUT2D eigenvalue weighted by molar-refractivity contribution is 0.342. The number of hydrogen-bond donors (Lipinski definition) is 2. The van der Waals surface area contributed by atoms with Gasteiger partial charge in [-0.25, -0.2) is 13.1 Å². The van der Waals surface area contributed by atoms with Crippen molar-refractivity contribution in [3.05, 3.63) is 16.3 Å². The number of hydrogen-bond acceptors (Lipinski definition) is 4. The Labute approximate surface area is 133 Å². The quantitative estimate of drug-likeness (QED) is 0.645. The summed E-state index contributed by atoms with van der Waals surface area (Å²) in [4.78, 5) is 1.44. The molecule has 0 aliphatic heterocycles. The molecule has 0 atom stereocenters. The van der Waals surface area contributed by atoms with Gasteiger partial charge in [0.2, 0.25) is 10.0 Å². The molecule has 122 valence electrons. The molecule has 0 aliphatic rings. The minimum atomic E-state index is -3.43. The molecule has 0 aromatic carbocycles. The summed E-state index contributed by atoms with van der Waals surface area (Å²) < 4.78 is 28.0. The smallest absolute Gasteiger partial charge is 0.241 e. The monoisotopic (exact) mass is 332 g/mol. The van der Waals surface area contributed by atoms with E-state index < -0.39 is 10.0 Å². The van der Waals surface area contributed by atoms with Gasteiger partial charge in [0.1, 0.15) is 0 Å². The van der Waals surface area contributed by atoms with Crippen molar-refractivity contribution in [2.75, 3.05) is 6.54 Å². The van der Waals surface area contributed by atoms with E-state index in [2.05, 4.69) is 17.0 Å². The van der Waals surface area contributed by atoms with Crippen LogP contribution in [0.5, 0.6) is 0 Å². The van der Waals surface area contributed by atoms with Crippen LogP contribution < -0.4 is 10.0 Å². The summed E-state index contributed by atoms with van der Waals surface area (Å²) in [5, 5.41) is 5.03. The van der Waals surface area contributed by atoms with Gasteiger partial charge in [-0.1, -0.05) is 27.7 Å². The Morgan fingerprint density at radius 1 is 1.14 bits per heavy atom. The van der Waals surface area contributed by atoms with Crippen LogP contribution in [0.4, 0.5) is 0 Å². The summed E-state index contributed by atoms with van der Waals surface area (Å²) >= 11 is 1.49. The molecule has 6 heteroatoms. The Morgan fingerprint density at radius 3 is 2.29 bits per heavy atom. The van der Waals surface area contributed by atoms with E-state index in [4.69, 9.17) is 0 Å². The molecule has 21 heavy (non-hydrogen) atoms. The Balaban J connectivity index is 2.83. The summed E-state index contributed by atoms with van der Waals surface area (Å²) in [5.74, 6) is 0. The van der Waals surface area contributed by atoms with Crippen molar-refractivity contribution >= 4 is 21.4 Å². The van der Waals surface area contributed by atoms with E-state index in [1.807, 2.05) is 20.8 Å². The first-order chi connectivity index (χ1) is 9.93.